The van der Waals surface area contributed by atoms with E-state index in [9.17, 15) is 0 Å². The first kappa shape index (κ1) is 12.5. The Bertz CT molecular complexity index is 756. The summed E-state index contributed by atoms with van der Waals surface area (Å²) in [6, 6.07) is 16.6. The third-order valence-electron chi connectivity index (χ3n) is 3.41. The number of hydrogen-bond donors (Lipinski definition) is 2. The summed E-state index contributed by atoms with van der Waals surface area (Å²) in [6.07, 6.45) is 0. The van der Waals surface area contributed by atoms with E-state index < -0.39 is 0 Å². The van der Waals surface area contributed by atoms with Crippen molar-refractivity contribution in [2.75, 3.05) is 5.73 Å². The first-order valence-electron chi connectivity index (χ1n) is 6.63. The molecule has 0 atom stereocenters. The predicted octanol–water partition coefficient (Wildman–Crippen LogP) is 3.94. The zero-order chi connectivity index (χ0) is 14.1. The number of aryl methyl sites for hydroxylation is 2. The van der Waals surface area contributed by atoms with E-state index in [2.05, 4.69) is 60.4 Å². The second-order valence-corrected chi connectivity index (χ2v) is 5.10. The minimum absolute atomic E-state index is 0.534. The number of aromatic amines is 1. The van der Waals surface area contributed by atoms with Gasteiger partial charge in [0.1, 0.15) is 0 Å². The van der Waals surface area contributed by atoms with Crippen molar-refractivity contribution in [3.05, 3.63) is 59.7 Å². The number of nitrogens with one attached hydrogen (secondary N) is 1. The fourth-order valence-electron chi connectivity index (χ4n) is 2.46. The van der Waals surface area contributed by atoms with Crippen molar-refractivity contribution in [3.8, 4) is 22.4 Å². The van der Waals surface area contributed by atoms with E-state index >= 15 is 0 Å². The van der Waals surface area contributed by atoms with Crippen LogP contribution in [0.2, 0.25) is 0 Å². The van der Waals surface area contributed by atoms with Gasteiger partial charge in [-0.25, -0.2) is 0 Å². The molecule has 3 rings (SSSR count). The number of aromatic nitrogens is 2. The molecule has 3 aromatic rings. The van der Waals surface area contributed by atoms with Crippen LogP contribution in [0.25, 0.3) is 22.4 Å². The van der Waals surface area contributed by atoms with E-state index in [1.807, 2.05) is 12.1 Å². The van der Waals surface area contributed by atoms with Crippen molar-refractivity contribution in [3.63, 3.8) is 0 Å². The van der Waals surface area contributed by atoms with Gasteiger partial charge in [-0.15, -0.1) is 0 Å². The van der Waals surface area contributed by atoms with Gasteiger partial charge < -0.3 is 5.73 Å². The summed E-state index contributed by atoms with van der Waals surface area (Å²) < 4.78 is 0. The molecule has 0 radical (unpaired) electrons. The maximum absolute atomic E-state index is 6.06. The standard InChI is InChI=1S/C17H17N3/c1-11-5-3-7-13(9-11)15-16(19-20-17(15)18)14-8-4-6-12(2)10-14/h3-10H,1-2H3,(H3,18,19,20). The molecule has 0 spiro atoms. The molecule has 100 valence electrons. The van der Waals surface area contributed by atoms with E-state index in [0.717, 1.165) is 22.4 Å². The van der Waals surface area contributed by atoms with Gasteiger partial charge in [-0.1, -0.05) is 53.6 Å². The van der Waals surface area contributed by atoms with Crippen molar-refractivity contribution in [2.24, 2.45) is 0 Å². The van der Waals surface area contributed by atoms with Gasteiger partial charge in [-0.05, 0) is 25.5 Å². The Labute approximate surface area is 118 Å². The number of nitrogens with two attached hydrogens (primary N) is 1. The summed E-state index contributed by atoms with van der Waals surface area (Å²) >= 11 is 0. The van der Waals surface area contributed by atoms with Crippen LogP contribution in [0.3, 0.4) is 0 Å². The van der Waals surface area contributed by atoms with Gasteiger partial charge in [0.05, 0.1) is 11.3 Å². The Balaban J connectivity index is 2.20. The van der Waals surface area contributed by atoms with Gasteiger partial charge in [-0.3, -0.25) is 5.10 Å². The predicted molar refractivity (Wildman–Crippen MR) is 83.3 cm³/mol. The van der Waals surface area contributed by atoms with Crippen molar-refractivity contribution in [2.45, 2.75) is 13.8 Å². The number of hydrogen-bond acceptors (Lipinski definition) is 2. The first-order valence-corrected chi connectivity index (χ1v) is 6.63. The summed E-state index contributed by atoms with van der Waals surface area (Å²) in [6.45, 7) is 4.15. The second kappa shape index (κ2) is 4.85. The topological polar surface area (TPSA) is 54.7 Å². The molecule has 0 saturated heterocycles. The van der Waals surface area contributed by atoms with Crippen LogP contribution in [0.4, 0.5) is 5.82 Å². The zero-order valence-corrected chi connectivity index (χ0v) is 11.6. The summed E-state index contributed by atoms with van der Waals surface area (Å²) in [5.41, 5.74) is 12.6. The van der Waals surface area contributed by atoms with Crippen LogP contribution in [-0.2, 0) is 0 Å². The molecular weight excluding hydrogens is 246 g/mol. The second-order valence-electron chi connectivity index (χ2n) is 5.10. The third kappa shape index (κ3) is 2.18. The summed E-state index contributed by atoms with van der Waals surface area (Å²) in [4.78, 5) is 0. The lowest BCUT2D eigenvalue weighted by Gasteiger charge is -2.06. The van der Waals surface area contributed by atoms with Crippen LogP contribution in [-0.4, -0.2) is 10.2 Å². The highest BCUT2D eigenvalue weighted by molar-refractivity contribution is 5.88. The van der Waals surface area contributed by atoms with Crippen LogP contribution in [0.5, 0.6) is 0 Å². The number of benzene rings is 2. The maximum atomic E-state index is 6.06. The van der Waals surface area contributed by atoms with E-state index in [1.54, 1.807) is 0 Å². The Morgan fingerprint density at radius 1 is 0.900 bits per heavy atom. The van der Waals surface area contributed by atoms with Crippen LogP contribution < -0.4 is 5.73 Å². The minimum Gasteiger partial charge on any atom is -0.382 e. The Morgan fingerprint density at radius 3 is 2.15 bits per heavy atom. The molecule has 0 aliphatic carbocycles. The molecule has 20 heavy (non-hydrogen) atoms. The van der Waals surface area contributed by atoms with Crippen molar-refractivity contribution >= 4 is 5.82 Å². The van der Waals surface area contributed by atoms with Gasteiger partial charge in [0.25, 0.3) is 0 Å². The quantitative estimate of drug-likeness (QED) is 0.735. The molecule has 2 aromatic carbocycles. The Kier molecular flexibility index (Phi) is 3.03. The molecule has 3 heteroatoms. The molecular formula is C17H17N3. The molecule has 0 saturated carbocycles. The van der Waals surface area contributed by atoms with E-state index in [4.69, 9.17) is 5.73 Å². The first-order chi connectivity index (χ1) is 9.65. The number of H-pyrrole nitrogens is 1. The van der Waals surface area contributed by atoms with E-state index in [1.165, 1.54) is 11.1 Å². The third-order valence-corrected chi connectivity index (χ3v) is 3.41. The van der Waals surface area contributed by atoms with E-state index in [-0.39, 0.29) is 0 Å². The number of anilines is 1. The van der Waals surface area contributed by atoms with Gasteiger partial charge in [0.15, 0.2) is 5.82 Å². The van der Waals surface area contributed by atoms with Gasteiger partial charge >= 0.3 is 0 Å². The molecule has 0 amide bonds. The van der Waals surface area contributed by atoms with Crippen molar-refractivity contribution in [1.82, 2.24) is 10.2 Å². The van der Waals surface area contributed by atoms with Gasteiger partial charge in [0, 0.05) is 5.56 Å². The Morgan fingerprint density at radius 2 is 1.50 bits per heavy atom. The highest BCUT2D eigenvalue weighted by Gasteiger charge is 2.14. The lowest BCUT2D eigenvalue weighted by molar-refractivity contribution is 1.10. The monoisotopic (exact) mass is 263 g/mol. The fourth-order valence-corrected chi connectivity index (χ4v) is 2.46. The molecule has 0 bridgehead atoms. The minimum atomic E-state index is 0.534. The van der Waals surface area contributed by atoms with Gasteiger partial charge in [-0.2, -0.15) is 5.10 Å². The lowest BCUT2D eigenvalue weighted by atomic mass is 9.99. The number of nitrogens with zero attached hydrogens (tertiary/aromatic N) is 1. The van der Waals surface area contributed by atoms with Crippen molar-refractivity contribution in [1.29, 1.82) is 0 Å². The summed E-state index contributed by atoms with van der Waals surface area (Å²) in [5, 5.41) is 7.24. The molecule has 3 nitrogen and oxygen atoms in total. The largest absolute Gasteiger partial charge is 0.382 e. The fraction of sp³-hybridized carbons (Fsp3) is 0.118. The lowest BCUT2D eigenvalue weighted by Crippen LogP contribution is -1.89. The number of nitrogen functional groups attached to an aromatic ring is 1. The Hall–Kier alpha value is -2.55. The number of rotatable bonds is 2. The summed E-state index contributed by atoms with van der Waals surface area (Å²) in [7, 11) is 0. The molecule has 3 N–H and O–H groups in total. The molecule has 0 aliphatic heterocycles. The van der Waals surface area contributed by atoms with Crippen LogP contribution in [0.1, 0.15) is 11.1 Å². The average molecular weight is 263 g/mol. The molecule has 1 heterocycles. The average Bonchev–Trinajstić information content (AvgIpc) is 2.80. The smallest absolute Gasteiger partial charge is 0.153 e. The maximum Gasteiger partial charge on any atom is 0.153 e. The molecule has 0 aliphatic rings. The van der Waals surface area contributed by atoms with E-state index in [0.29, 0.717) is 5.82 Å². The zero-order valence-electron chi connectivity index (χ0n) is 11.6. The van der Waals surface area contributed by atoms with Gasteiger partial charge in [0.2, 0.25) is 0 Å². The molecule has 0 unspecified atom stereocenters. The normalized spacial score (nSPS) is 10.7. The van der Waals surface area contributed by atoms with Crippen LogP contribution >= 0.6 is 0 Å². The van der Waals surface area contributed by atoms with Crippen molar-refractivity contribution < 1.29 is 0 Å². The summed E-state index contributed by atoms with van der Waals surface area (Å²) in [5.74, 6) is 0.534. The van der Waals surface area contributed by atoms with Crippen LogP contribution in [0, 0.1) is 13.8 Å². The van der Waals surface area contributed by atoms with Crippen LogP contribution in [0.15, 0.2) is 48.5 Å². The highest BCUT2D eigenvalue weighted by Crippen LogP contribution is 2.35. The molecule has 1 aromatic heterocycles. The SMILES string of the molecule is Cc1cccc(-c2[nH]nc(N)c2-c2cccc(C)c2)c1. The molecule has 0 fully saturated rings. The highest BCUT2D eigenvalue weighted by atomic mass is 15.2.